The summed E-state index contributed by atoms with van der Waals surface area (Å²) >= 11 is 1.20. The van der Waals surface area contributed by atoms with Crippen LogP contribution >= 0.6 is 11.3 Å². The summed E-state index contributed by atoms with van der Waals surface area (Å²) in [7, 11) is 0. The van der Waals surface area contributed by atoms with Gasteiger partial charge in [0.15, 0.2) is 0 Å². The molecule has 1 N–H and O–H groups in total. The van der Waals surface area contributed by atoms with Crippen LogP contribution in [0.4, 0.5) is 0 Å². The minimum Gasteiger partial charge on any atom is -0.478 e. The first-order valence-electron chi connectivity index (χ1n) is 5.72. The van der Waals surface area contributed by atoms with Crippen molar-refractivity contribution in [2.24, 2.45) is 0 Å². The smallest absolute Gasteiger partial charge is 0.337 e. The first-order chi connectivity index (χ1) is 8.47. The Morgan fingerprint density at radius 2 is 2.22 bits per heavy atom. The number of carboxylic acids is 1. The van der Waals surface area contributed by atoms with E-state index in [1.807, 2.05) is 20.8 Å². The van der Waals surface area contributed by atoms with E-state index in [4.69, 9.17) is 5.11 Å². The second-order valence-electron chi connectivity index (χ2n) is 4.31. The number of nitrogens with zero attached hydrogens (tertiary/aromatic N) is 2. The van der Waals surface area contributed by atoms with Gasteiger partial charge in [-0.25, -0.2) is 9.78 Å². The lowest BCUT2D eigenvalue weighted by molar-refractivity contribution is 0.0699. The Bertz CT molecular complexity index is 670. The van der Waals surface area contributed by atoms with Crippen LogP contribution in [0.1, 0.15) is 42.9 Å². The van der Waals surface area contributed by atoms with Gasteiger partial charge in [-0.05, 0) is 6.92 Å². The average molecular weight is 266 g/mol. The van der Waals surface area contributed by atoms with Crippen molar-refractivity contribution >= 4 is 27.5 Å². The molecular weight excluding hydrogens is 252 g/mol. The standard InChI is InChI=1S/C12H14N2O3S/c1-4-14-9(6(2)3)13-10-8(11(14)15)7(5-18-10)12(16)17/h5-6H,4H2,1-3H3,(H,16,17). The normalized spacial score (nSPS) is 11.3. The fraction of sp³-hybridized carbons (Fsp3) is 0.417. The number of fused-ring (bicyclic) bond motifs is 1. The number of aromatic nitrogens is 2. The number of carboxylic acid groups (broad SMARTS) is 1. The Hall–Kier alpha value is -1.69. The lowest BCUT2D eigenvalue weighted by Gasteiger charge is -2.12. The fourth-order valence-corrected chi connectivity index (χ4v) is 2.85. The minimum atomic E-state index is -1.08. The van der Waals surface area contributed by atoms with E-state index in [0.717, 1.165) is 0 Å². The Labute approximate surface area is 108 Å². The molecule has 2 aromatic heterocycles. The molecule has 6 heteroatoms. The summed E-state index contributed by atoms with van der Waals surface area (Å²) in [6.45, 7) is 6.27. The molecule has 0 spiro atoms. The number of hydrogen-bond acceptors (Lipinski definition) is 4. The number of carbonyl (C=O) groups is 1. The van der Waals surface area contributed by atoms with Crippen molar-refractivity contribution in [1.29, 1.82) is 0 Å². The molecule has 0 amide bonds. The summed E-state index contributed by atoms with van der Waals surface area (Å²) in [5.41, 5.74) is -0.213. The maximum absolute atomic E-state index is 12.3. The molecule has 0 fully saturated rings. The highest BCUT2D eigenvalue weighted by Crippen LogP contribution is 2.23. The minimum absolute atomic E-state index is 0.0463. The maximum atomic E-state index is 12.3. The van der Waals surface area contributed by atoms with Crippen LogP contribution in [0.3, 0.4) is 0 Å². The molecular formula is C12H14N2O3S. The third kappa shape index (κ3) is 1.82. The van der Waals surface area contributed by atoms with Gasteiger partial charge in [-0.1, -0.05) is 13.8 Å². The van der Waals surface area contributed by atoms with Crippen LogP contribution in [0.25, 0.3) is 10.2 Å². The Kier molecular flexibility index (Phi) is 3.21. The van der Waals surface area contributed by atoms with Gasteiger partial charge in [0.1, 0.15) is 10.7 Å². The largest absolute Gasteiger partial charge is 0.478 e. The van der Waals surface area contributed by atoms with Gasteiger partial charge in [0, 0.05) is 17.8 Å². The lowest BCUT2D eigenvalue weighted by Crippen LogP contribution is -2.25. The van der Waals surface area contributed by atoms with Crippen molar-refractivity contribution in [1.82, 2.24) is 9.55 Å². The summed E-state index contributed by atoms with van der Waals surface area (Å²) in [6.07, 6.45) is 0. The molecule has 0 aliphatic rings. The molecule has 96 valence electrons. The van der Waals surface area contributed by atoms with E-state index in [1.54, 1.807) is 4.57 Å². The Morgan fingerprint density at radius 1 is 1.56 bits per heavy atom. The van der Waals surface area contributed by atoms with E-state index in [2.05, 4.69) is 4.98 Å². The third-order valence-electron chi connectivity index (χ3n) is 2.79. The molecule has 0 atom stereocenters. The van der Waals surface area contributed by atoms with Crippen molar-refractivity contribution in [3.05, 3.63) is 27.1 Å². The number of hydrogen-bond donors (Lipinski definition) is 1. The maximum Gasteiger partial charge on any atom is 0.337 e. The molecule has 0 radical (unpaired) electrons. The van der Waals surface area contributed by atoms with Gasteiger partial charge in [0.05, 0.1) is 10.9 Å². The molecule has 2 rings (SSSR count). The second-order valence-corrected chi connectivity index (χ2v) is 5.17. The van der Waals surface area contributed by atoms with Gasteiger partial charge in [-0.3, -0.25) is 9.36 Å². The number of thiophene rings is 1. The van der Waals surface area contributed by atoms with Crippen molar-refractivity contribution in [3.8, 4) is 0 Å². The fourth-order valence-electron chi connectivity index (χ4n) is 1.94. The topological polar surface area (TPSA) is 72.2 Å². The zero-order valence-corrected chi connectivity index (χ0v) is 11.2. The van der Waals surface area contributed by atoms with Crippen molar-refractivity contribution in [2.75, 3.05) is 0 Å². The molecule has 18 heavy (non-hydrogen) atoms. The molecule has 0 unspecified atom stereocenters. The van der Waals surface area contributed by atoms with E-state index < -0.39 is 5.97 Å². The van der Waals surface area contributed by atoms with E-state index in [0.29, 0.717) is 17.2 Å². The molecule has 0 saturated heterocycles. The molecule has 2 heterocycles. The van der Waals surface area contributed by atoms with Crippen molar-refractivity contribution < 1.29 is 9.90 Å². The Morgan fingerprint density at radius 3 is 2.72 bits per heavy atom. The zero-order chi connectivity index (χ0) is 13.4. The third-order valence-corrected chi connectivity index (χ3v) is 3.66. The average Bonchev–Trinajstić information content (AvgIpc) is 2.72. The van der Waals surface area contributed by atoms with Crippen molar-refractivity contribution in [3.63, 3.8) is 0 Å². The Balaban J connectivity index is 2.90. The predicted molar refractivity (Wildman–Crippen MR) is 70.6 cm³/mol. The van der Waals surface area contributed by atoms with Gasteiger partial charge in [-0.15, -0.1) is 11.3 Å². The number of aromatic carboxylic acids is 1. The van der Waals surface area contributed by atoms with Crippen LogP contribution in [-0.2, 0) is 6.54 Å². The van der Waals surface area contributed by atoms with Crippen molar-refractivity contribution in [2.45, 2.75) is 33.2 Å². The highest BCUT2D eigenvalue weighted by atomic mass is 32.1. The highest BCUT2D eigenvalue weighted by Gasteiger charge is 2.19. The first-order valence-corrected chi connectivity index (χ1v) is 6.60. The summed E-state index contributed by atoms with van der Waals surface area (Å²) < 4.78 is 1.55. The molecule has 0 aromatic carbocycles. The van der Waals surface area contributed by atoms with Crippen LogP contribution in [0, 0.1) is 0 Å². The van der Waals surface area contributed by atoms with E-state index in [9.17, 15) is 9.59 Å². The van der Waals surface area contributed by atoms with Crippen LogP contribution in [0.5, 0.6) is 0 Å². The van der Waals surface area contributed by atoms with Gasteiger partial charge in [0.2, 0.25) is 0 Å². The van der Waals surface area contributed by atoms with E-state index in [-0.39, 0.29) is 22.4 Å². The van der Waals surface area contributed by atoms with Crippen LogP contribution in [-0.4, -0.2) is 20.6 Å². The molecule has 0 bridgehead atoms. The molecule has 0 aliphatic heterocycles. The predicted octanol–water partition coefficient (Wildman–Crippen LogP) is 2.30. The summed E-state index contributed by atoms with van der Waals surface area (Å²) in [6, 6.07) is 0. The van der Waals surface area contributed by atoms with Gasteiger partial charge in [-0.2, -0.15) is 0 Å². The molecule has 2 aromatic rings. The van der Waals surface area contributed by atoms with Gasteiger partial charge in [0.25, 0.3) is 5.56 Å². The van der Waals surface area contributed by atoms with Crippen LogP contribution in [0.2, 0.25) is 0 Å². The summed E-state index contributed by atoms with van der Waals surface area (Å²) in [4.78, 5) is 28.3. The van der Waals surface area contributed by atoms with Crippen LogP contribution < -0.4 is 5.56 Å². The monoisotopic (exact) mass is 266 g/mol. The van der Waals surface area contributed by atoms with Crippen LogP contribution in [0.15, 0.2) is 10.2 Å². The van der Waals surface area contributed by atoms with Gasteiger partial charge < -0.3 is 5.11 Å². The first kappa shape index (κ1) is 12.8. The quantitative estimate of drug-likeness (QED) is 0.925. The lowest BCUT2D eigenvalue weighted by atomic mass is 10.2. The van der Waals surface area contributed by atoms with Gasteiger partial charge >= 0.3 is 5.97 Å². The van der Waals surface area contributed by atoms with E-state index in [1.165, 1.54) is 16.7 Å². The zero-order valence-electron chi connectivity index (χ0n) is 10.4. The molecule has 0 aliphatic carbocycles. The molecule has 0 saturated carbocycles. The highest BCUT2D eigenvalue weighted by molar-refractivity contribution is 7.17. The van der Waals surface area contributed by atoms with E-state index >= 15 is 0 Å². The summed E-state index contributed by atoms with van der Waals surface area (Å²) in [5, 5.41) is 10.8. The molecule has 5 nitrogen and oxygen atoms in total. The SMILES string of the molecule is CCn1c(C(C)C)nc2scc(C(=O)O)c2c1=O. The summed E-state index contributed by atoms with van der Waals surface area (Å²) in [5.74, 6) is -0.258. The second kappa shape index (κ2) is 4.53. The number of rotatable bonds is 3.